The van der Waals surface area contributed by atoms with Crippen LogP contribution in [0.5, 0.6) is 11.5 Å². The van der Waals surface area contributed by atoms with Crippen molar-refractivity contribution in [1.29, 1.82) is 0 Å². The molecule has 0 radical (unpaired) electrons. The van der Waals surface area contributed by atoms with E-state index in [1.807, 2.05) is 20.8 Å². The van der Waals surface area contributed by atoms with Crippen molar-refractivity contribution in [2.24, 2.45) is 0 Å². The van der Waals surface area contributed by atoms with Gasteiger partial charge in [0.15, 0.2) is 23.3 Å². The highest BCUT2D eigenvalue weighted by molar-refractivity contribution is 7.86. The van der Waals surface area contributed by atoms with E-state index < -0.39 is 67.3 Å². The number of rotatable bonds is 2. The van der Waals surface area contributed by atoms with Gasteiger partial charge in [-0.1, -0.05) is 12.2 Å². The molecule has 0 fully saturated rings. The van der Waals surface area contributed by atoms with E-state index in [9.17, 15) is 22.2 Å². The predicted octanol–water partition coefficient (Wildman–Crippen LogP) is 7.49. The van der Waals surface area contributed by atoms with Crippen LogP contribution in [0, 0.1) is 23.3 Å². The molecule has 3 aromatic carbocycles. The molecule has 0 bridgehead atoms. The van der Waals surface area contributed by atoms with Crippen molar-refractivity contribution in [3.05, 3.63) is 92.1 Å². The van der Waals surface area contributed by atoms with Crippen molar-refractivity contribution < 1.29 is 40.1 Å². The molecule has 272 valence electrons. The first-order valence-electron chi connectivity index (χ1n) is 17.5. The van der Waals surface area contributed by atoms with E-state index >= 15 is 13.2 Å². The van der Waals surface area contributed by atoms with Crippen LogP contribution in [-0.2, 0) is 28.5 Å². The molecule has 1 spiro atoms. The second-order valence-corrected chi connectivity index (χ2v) is 17.4. The second kappa shape index (κ2) is 10.2. The minimum atomic E-state index is -4.55. The third-order valence-corrected chi connectivity index (χ3v) is 12.8. The lowest BCUT2D eigenvalue weighted by Crippen LogP contribution is -2.50. The first-order chi connectivity index (χ1) is 24.3. The molecule has 6 heterocycles. The molecule has 0 aliphatic carbocycles. The number of carbonyl (C=O) groups is 1. The van der Waals surface area contributed by atoms with Gasteiger partial charge in [0, 0.05) is 59.1 Å². The summed E-state index contributed by atoms with van der Waals surface area (Å²) >= 11 is 0. The number of carbonyl (C=O) groups excluding carboxylic acids is 1. The Morgan fingerprint density at radius 3 is 1.90 bits per heavy atom. The van der Waals surface area contributed by atoms with Crippen LogP contribution in [0.15, 0.2) is 24.3 Å². The van der Waals surface area contributed by atoms with Gasteiger partial charge < -0.3 is 19.4 Å². The molecule has 3 aromatic rings. The van der Waals surface area contributed by atoms with Crippen LogP contribution in [0.1, 0.15) is 96.8 Å². The van der Waals surface area contributed by atoms with Crippen molar-refractivity contribution in [1.82, 2.24) is 4.90 Å². The lowest BCUT2D eigenvalue weighted by atomic mass is 9.69. The predicted molar refractivity (Wildman–Crippen MR) is 189 cm³/mol. The van der Waals surface area contributed by atoms with Crippen LogP contribution in [0.25, 0.3) is 11.1 Å². The Morgan fingerprint density at radius 2 is 1.33 bits per heavy atom. The van der Waals surface area contributed by atoms with Crippen LogP contribution in [0.4, 0.5) is 28.9 Å². The van der Waals surface area contributed by atoms with Gasteiger partial charge in [0.25, 0.3) is 16.0 Å². The number of allylic oxidation sites excluding steroid dienone is 1. The molecule has 8 nitrogen and oxygen atoms in total. The van der Waals surface area contributed by atoms with E-state index in [0.717, 1.165) is 40.3 Å². The van der Waals surface area contributed by atoms with Crippen LogP contribution in [0.2, 0.25) is 0 Å². The highest BCUT2D eigenvalue weighted by atomic mass is 32.2. The summed E-state index contributed by atoms with van der Waals surface area (Å²) in [5.41, 5.74) is 1.16. The number of fused-ring (bicyclic) bond motifs is 8. The van der Waals surface area contributed by atoms with Gasteiger partial charge in [-0.05, 0) is 83.6 Å². The van der Waals surface area contributed by atoms with Gasteiger partial charge >= 0.3 is 0 Å². The van der Waals surface area contributed by atoms with E-state index in [1.165, 1.54) is 7.05 Å². The van der Waals surface area contributed by atoms with Gasteiger partial charge in [-0.15, -0.1) is 0 Å². The Labute approximate surface area is 299 Å². The summed E-state index contributed by atoms with van der Waals surface area (Å²) in [7, 11) is -3.20. The van der Waals surface area contributed by atoms with Gasteiger partial charge in [0.1, 0.15) is 22.8 Å². The molecule has 6 aliphatic rings. The third kappa shape index (κ3) is 4.01. The monoisotopic (exact) mass is 735 g/mol. The minimum absolute atomic E-state index is 0.160. The highest BCUT2D eigenvalue weighted by Gasteiger charge is 2.61. The normalized spacial score (nSPS) is 23.0. The Bertz CT molecular complexity index is 2420. The minimum Gasteiger partial charge on any atom is -0.456 e. The highest BCUT2D eigenvalue weighted by Crippen LogP contribution is 2.64. The van der Waals surface area contributed by atoms with E-state index in [1.54, 1.807) is 18.2 Å². The number of ether oxygens (including phenoxy) is 1. The summed E-state index contributed by atoms with van der Waals surface area (Å²) in [5, 5.41) is 0. The van der Waals surface area contributed by atoms with E-state index in [0.29, 0.717) is 48.4 Å². The fraction of sp³-hybridized carbons (Fsp3) is 0.410. The van der Waals surface area contributed by atoms with E-state index in [2.05, 4.69) is 29.7 Å². The summed E-state index contributed by atoms with van der Waals surface area (Å²) in [4.78, 5) is 19.8. The van der Waals surface area contributed by atoms with Crippen molar-refractivity contribution in [3.63, 3.8) is 0 Å². The quantitative estimate of drug-likeness (QED) is 0.126. The van der Waals surface area contributed by atoms with E-state index in [4.69, 9.17) is 4.74 Å². The topological polar surface area (TPSA) is 90.4 Å². The van der Waals surface area contributed by atoms with E-state index in [-0.39, 0.29) is 28.0 Å². The van der Waals surface area contributed by atoms with Crippen LogP contribution < -0.4 is 14.5 Å². The first-order valence-corrected chi connectivity index (χ1v) is 19.1. The van der Waals surface area contributed by atoms with Crippen molar-refractivity contribution in [3.8, 4) is 11.5 Å². The molecule has 1 N–H and O–H groups in total. The first kappa shape index (κ1) is 33.5. The molecule has 52 heavy (non-hydrogen) atoms. The molecule has 0 aromatic heterocycles. The fourth-order valence-electron chi connectivity index (χ4n) is 10.1. The number of nitrogens with zero attached hydrogens (tertiary/aromatic N) is 3. The molecule has 0 saturated heterocycles. The molecule has 1 unspecified atom stereocenters. The van der Waals surface area contributed by atoms with Gasteiger partial charge in [-0.2, -0.15) is 8.42 Å². The molecule has 13 heteroatoms. The molecule has 1 atom stereocenters. The average molecular weight is 736 g/mol. The second-order valence-electron chi connectivity index (χ2n) is 16.0. The number of hydrogen-bond donors (Lipinski definition) is 1. The summed E-state index contributed by atoms with van der Waals surface area (Å²) < 4.78 is 105. The number of benzene rings is 3. The Kier molecular flexibility index (Phi) is 6.56. The lowest BCUT2D eigenvalue weighted by Gasteiger charge is -2.51. The lowest BCUT2D eigenvalue weighted by molar-refractivity contribution is 0.0722. The van der Waals surface area contributed by atoms with Crippen molar-refractivity contribution in [2.45, 2.75) is 76.9 Å². The summed E-state index contributed by atoms with van der Waals surface area (Å²) in [6.07, 6.45) is 6.30. The molecule has 6 aliphatic heterocycles. The maximum Gasteiger partial charge on any atom is 0.269 e. The van der Waals surface area contributed by atoms with Crippen LogP contribution in [0.3, 0.4) is 0 Å². The van der Waals surface area contributed by atoms with Crippen LogP contribution >= 0.6 is 0 Å². The molecule has 0 saturated carbocycles. The Hall–Kier alpha value is -4.36. The van der Waals surface area contributed by atoms with Gasteiger partial charge in [0.2, 0.25) is 0 Å². The summed E-state index contributed by atoms with van der Waals surface area (Å²) in [6.45, 7) is 11.4. The molecular weight excluding hydrogens is 699 g/mol. The van der Waals surface area contributed by atoms with Crippen molar-refractivity contribution >= 4 is 38.5 Å². The third-order valence-electron chi connectivity index (χ3n) is 12.1. The maximum absolute atomic E-state index is 16.7. The summed E-state index contributed by atoms with van der Waals surface area (Å²) in [6, 6.07) is 3.39. The number of hydrogen-bond acceptors (Lipinski definition) is 6. The average Bonchev–Trinajstić information content (AvgIpc) is 3.29. The smallest absolute Gasteiger partial charge is 0.269 e. The summed E-state index contributed by atoms with van der Waals surface area (Å²) in [5.74, 6) is -8.79. The zero-order valence-corrected chi connectivity index (χ0v) is 30.4. The SMILES string of the molecule is CC1=CC(C)(C)N2CCCc3c4c(cc1c32)C1(c2cc3c5c(c2O4)CCCN5C(C)(C)C=C3CS(=O)(=O)O)c2c(F)c(F)c(F)c(F)c2C(=O)N1C. The molecule has 1 amide bonds. The van der Waals surface area contributed by atoms with Gasteiger partial charge in [0.05, 0.1) is 28.0 Å². The largest absolute Gasteiger partial charge is 0.456 e. The molecule has 9 rings (SSSR count). The Balaban J connectivity index is 1.48. The fourth-order valence-corrected chi connectivity index (χ4v) is 10.8. The number of amides is 1. The van der Waals surface area contributed by atoms with Crippen LogP contribution in [-0.4, -0.2) is 60.7 Å². The van der Waals surface area contributed by atoms with Crippen molar-refractivity contribution in [2.75, 3.05) is 35.7 Å². The van der Waals surface area contributed by atoms with Gasteiger partial charge in [-0.25, -0.2) is 17.6 Å². The Morgan fingerprint density at radius 1 is 0.808 bits per heavy atom. The zero-order chi connectivity index (χ0) is 37.2. The standard InChI is InChI=1S/C39H37F4N3O5S/c1-18-15-37(2,3)45-11-7-9-20-32(45)22(18)13-24-34(20)51-35-21-10-8-12-46-33(21)23(19(16-38(46,4)5)17-52(48,49)50)14-25(35)39(24)27-26(36(47)44(39)6)28(40)30(42)31(43)29(27)41/h13-16H,7-12,17H2,1-6H3,(H,48,49,50). The zero-order valence-electron chi connectivity index (χ0n) is 29.6. The maximum atomic E-state index is 16.7. The number of halogens is 4. The molecular formula is C39H37F4N3O5S. The number of anilines is 2. The van der Waals surface area contributed by atoms with Gasteiger partial charge in [-0.3, -0.25) is 9.35 Å².